The van der Waals surface area contributed by atoms with Gasteiger partial charge in [0.25, 0.3) is 0 Å². The summed E-state index contributed by atoms with van der Waals surface area (Å²) in [7, 11) is -4.43. The van der Waals surface area contributed by atoms with Crippen LogP contribution in [0.25, 0.3) is 0 Å². The Kier molecular flexibility index (Phi) is 10.4. The van der Waals surface area contributed by atoms with E-state index in [0.29, 0.717) is 16.8 Å². The average Bonchev–Trinajstić information content (AvgIpc) is 2.97. The minimum atomic E-state index is -4.43. The van der Waals surface area contributed by atoms with Crippen LogP contribution in [0.5, 0.6) is 11.5 Å². The van der Waals surface area contributed by atoms with Crippen molar-refractivity contribution in [2.45, 2.75) is 25.0 Å². The largest absolute Gasteiger partial charge is 0.507 e. The zero-order valence-electron chi connectivity index (χ0n) is 23.9. The standard InChI is InChI=1S/C29H30F2N4O8S.H3N/c30-19-3-1-18(2-4-19)25(36)12-11-24-27(35(28(24)38)21-7-5-20(31)6-8-21)23-10-9-22(17-26(23)37)43-29(39)33-13-15-34(16-14-33)32-44(40,41)42;/h1-10,17,24-25,27,32,36-37H,11-16H2,(H,40,41,42);1H3. The van der Waals surface area contributed by atoms with Crippen molar-refractivity contribution in [2.24, 2.45) is 5.92 Å². The Hall–Kier alpha value is -4.19. The molecule has 3 aromatic carbocycles. The summed E-state index contributed by atoms with van der Waals surface area (Å²) < 4.78 is 63.2. The van der Waals surface area contributed by atoms with Crippen molar-refractivity contribution < 1.29 is 46.3 Å². The molecule has 3 unspecified atom stereocenters. The molecule has 0 aliphatic carbocycles. The van der Waals surface area contributed by atoms with Gasteiger partial charge in [0.2, 0.25) is 5.91 Å². The van der Waals surface area contributed by atoms with Gasteiger partial charge in [0.1, 0.15) is 23.1 Å². The smallest absolute Gasteiger partial charge is 0.415 e. The molecule has 0 bridgehead atoms. The van der Waals surface area contributed by atoms with Crippen molar-refractivity contribution in [3.8, 4) is 11.5 Å². The molecule has 2 aliphatic rings. The number of piperazine rings is 1. The number of nitrogens with one attached hydrogen (secondary N) is 1. The minimum Gasteiger partial charge on any atom is -0.507 e. The van der Waals surface area contributed by atoms with Crippen molar-refractivity contribution in [1.29, 1.82) is 0 Å². The number of hydrogen-bond acceptors (Lipinski definition) is 9. The number of hydrazine groups is 1. The highest BCUT2D eigenvalue weighted by molar-refractivity contribution is 7.83. The average molecular weight is 650 g/mol. The lowest BCUT2D eigenvalue weighted by Gasteiger charge is -2.48. The number of amides is 2. The Labute approximate surface area is 258 Å². The number of ether oxygens (including phenoxy) is 1. The maximum Gasteiger partial charge on any atom is 0.415 e. The molecule has 242 valence electrons. The number of anilines is 1. The Morgan fingerprint density at radius 3 is 2.16 bits per heavy atom. The molecular formula is C29H33F2N5O8S. The second-order valence-corrected chi connectivity index (χ2v) is 11.6. The quantitative estimate of drug-likeness (QED) is 0.169. The van der Waals surface area contributed by atoms with Gasteiger partial charge in [-0.3, -0.25) is 9.35 Å². The van der Waals surface area contributed by atoms with Gasteiger partial charge in [0.05, 0.1) is 18.1 Å². The van der Waals surface area contributed by atoms with Crippen LogP contribution >= 0.6 is 0 Å². The molecule has 3 atom stereocenters. The molecule has 16 heteroatoms. The highest BCUT2D eigenvalue weighted by Gasteiger charge is 2.49. The number of carbonyl (C=O) groups is 2. The number of halogens is 2. The van der Waals surface area contributed by atoms with Crippen molar-refractivity contribution in [3.63, 3.8) is 0 Å². The number of rotatable bonds is 9. The van der Waals surface area contributed by atoms with E-state index in [2.05, 4.69) is 0 Å². The van der Waals surface area contributed by atoms with Gasteiger partial charge in [-0.25, -0.2) is 18.6 Å². The Balaban J connectivity index is 0.00000461. The predicted molar refractivity (Wildman–Crippen MR) is 158 cm³/mol. The number of carbonyl (C=O) groups excluding carboxylic acids is 2. The van der Waals surface area contributed by atoms with E-state index in [4.69, 9.17) is 9.29 Å². The van der Waals surface area contributed by atoms with Gasteiger partial charge in [-0.15, -0.1) is 4.83 Å². The Morgan fingerprint density at radius 2 is 1.58 bits per heavy atom. The third kappa shape index (κ3) is 7.91. The van der Waals surface area contributed by atoms with Crippen molar-refractivity contribution in [2.75, 3.05) is 31.1 Å². The first-order valence-corrected chi connectivity index (χ1v) is 15.2. The summed E-state index contributed by atoms with van der Waals surface area (Å²) >= 11 is 0. The number of hydrogen-bond donors (Lipinski definition) is 5. The lowest BCUT2D eigenvalue weighted by atomic mass is 9.78. The predicted octanol–water partition coefficient (Wildman–Crippen LogP) is 3.47. The fourth-order valence-electron chi connectivity index (χ4n) is 5.41. The van der Waals surface area contributed by atoms with Crippen LogP contribution in [0.2, 0.25) is 0 Å². The highest BCUT2D eigenvalue weighted by Crippen LogP contribution is 2.49. The van der Waals surface area contributed by atoms with Crippen LogP contribution in [-0.4, -0.2) is 71.3 Å². The molecule has 0 aromatic heterocycles. The molecule has 0 radical (unpaired) electrons. The van der Waals surface area contributed by atoms with Crippen molar-refractivity contribution in [3.05, 3.63) is 89.5 Å². The lowest BCUT2D eigenvalue weighted by molar-refractivity contribution is -0.131. The third-order valence-electron chi connectivity index (χ3n) is 7.63. The Bertz CT molecular complexity index is 1620. The summed E-state index contributed by atoms with van der Waals surface area (Å²) in [6, 6.07) is 14.3. The van der Waals surface area contributed by atoms with Crippen LogP contribution in [0, 0.1) is 17.6 Å². The van der Waals surface area contributed by atoms with Crippen LogP contribution in [0.1, 0.15) is 36.1 Å². The van der Waals surface area contributed by atoms with Crippen LogP contribution in [0.15, 0.2) is 66.7 Å². The van der Waals surface area contributed by atoms with E-state index in [1.807, 2.05) is 4.83 Å². The topological polar surface area (TPSA) is 195 Å². The summed E-state index contributed by atoms with van der Waals surface area (Å²) in [5, 5.41) is 22.9. The van der Waals surface area contributed by atoms with Gasteiger partial charge in [0.15, 0.2) is 0 Å². The molecule has 45 heavy (non-hydrogen) atoms. The number of aliphatic hydroxyl groups is 1. The number of benzene rings is 3. The van der Waals surface area contributed by atoms with Crippen LogP contribution in [0.4, 0.5) is 19.3 Å². The molecule has 2 aliphatic heterocycles. The first kappa shape index (κ1) is 33.7. The van der Waals surface area contributed by atoms with Crippen LogP contribution < -0.4 is 20.6 Å². The first-order valence-electron chi connectivity index (χ1n) is 13.7. The van der Waals surface area contributed by atoms with E-state index < -0.39 is 46.1 Å². The van der Waals surface area contributed by atoms with Gasteiger partial charge in [0, 0.05) is 43.5 Å². The van der Waals surface area contributed by atoms with Crippen molar-refractivity contribution in [1.82, 2.24) is 20.9 Å². The highest BCUT2D eigenvalue weighted by atomic mass is 32.2. The van der Waals surface area contributed by atoms with E-state index in [-0.39, 0.29) is 62.6 Å². The monoisotopic (exact) mass is 649 g/mol. The summed E-state index contributed by atoms with van der Waals surface area (Å²) in [6.45, 7) is 0.415. The van der Waals surface area contributed by atoms with E-state index in [9.17, 15) is 37.0 Å². The molecule has 2 amide bonds. The second-order valence-electron chi connectivity index (χ2n) is 10.5. The first-order chi connectivity index (χ1) is 20.9. The number of β-lactam (4-membered cyclic amide) rings is 1. The minimum absolute atomic E-state index is 0. The van der Waals surface area contributed by atoms with Crippen LogP contribution in [-0.2, 0) is 15.1 Å². The number of nitrogens with zero attached hydrogens (tertiary/aromatic N) is 3. The number of aliphatic hydroxyl groups excluding tert-OH is 1. The fourth-order valence-corrected chi connectivity index (χ4v) is 5.92. The van der Waals surface area contributed by atoms with E-state index in [1.54, 1.807) is 0 Å². The summed E-state index contributed by atoms with van der Waals surface area (Å²) in [5.41, 5.74) is 1.25. The number of aromatic hydroxyl groups is 1. The molecule has 0 saturated carbocycles. The van der Waals surface area contributed by atoms with Gasteiger partial charge in [-0.05, 0) is 66.9 Å². The fraction of sp³-hybridized carbons (Fsp3) is 0.310. The zero-order chi connectivity index (χ0) is 31.6. The summed E-state index contributed by atoms with van der Waals surface area (Å²) in [6.07, 6.45) is -1.28. The molecule has 2 saturated heterocycles. The number of phenolic OH excluding ortho intramolecular Hbond substituents is 1. The zero-order valence-corrected chi connectivity index (χ0v) is 24.7. The van der Waals surface area contributed by atoms with E-state index >= 15 is 0 Å². The molecule has 0 spiro atoms. The molecule has 3 aromatic rings. The molecule has 2 fully saturated rings. The van der Waals surface area contributed by atoms with Gasteiger partial charge in [-0.2, -0.15) is 8.42 Å². The molecular weight excluding hydrogens is 616 g/mol. The Morgan fingerprint density at radius 1 is 0.978 bits per heavy atom. The molecule has 13 nitrogen and oxygen atoms in total. The van der Waals surface area contributed by atoms with E-state index in [0.717, 1.165) is 0 Å². The van der Waals surface area contributed by atoms with Crippen molar-refractivity contribution >= 4 is 28.0 Å². The van der Waals surface area contributed by atoms with E-state index in [1.165, 1.54) is 81.5 Å². The van der Waals surface area contributed by atoms with Gasteiger partial charge in [-0.1, -0.05) is 12.1 Å². The van der Waals surface area contributed by atoms with Crippen LogP contribution in [0.3, 0.4) is 0 Å². The molecule has 7 N–H and O–H groups in total. The van der Waals surface area contributed by atoms with Gasteiger partial charge >= 0.3 is 16.4 Å². The van der Waals surface area contributed by atoms with Gasteiger partial charge < -0.3 is 30.9 Å². The third-order valence-corrected chi connectivity index (χ3v) is 8.12. The molecule has 2 heterocycles. The second kappa shape index (κ2) is 13.8. The lowest BCUT2D eigenvalue weighted by Crippen LogP contribution is -2.55. The SMILES string of the molecule is N.O=C(Oc1ccc(C2C(CCC(O)c3ccc(F)cc3)C(=O)N2c2ccc(F)cc2)c(O)c1)N1CCN(NS(=O)(=O)O)CC1. The normalized spacial score (nSPS) is 19.4. The summed E-state index contributed by atoms with van der Waals surface area (Å²) in [5.74, 6) is -2.09. The summed E-state index contributed by atoms with van der Waals surface area (Å²) in [4.78, 5) is 30.7. The maximum atomic E-state index is 13.6. The number of phenols is 1. The molecule has 5 rings (SSSR count). The maximum absolute atomic E-state index is 13.6.